The molecule has 0 N–H and O–H groups in total. The highest BCUT2D eigenvalue weighted by Gasteiger charge is 2.25. The number of benzene rings is 2. The van der Waals surface area contributed by atoms with Crippen LogP contribution in [0.5, 0.6) is 5.75 Å². The number of halogens is 1. The quantitative estimate of drug-likeness (QED) is 0.356. The Morgan fingerprint density at radius 2 is 1.38 bits per heavy atom. The summed E-state index contributed by atoms with van der Waals surface area (Å²) in [4.78, 5) is 0. The highest BCUT2D eigenvalue weighted by Crippen LogP contribution is 2.36. The zero-order valence-corrected chi connectivity index (χ0v) is 22.0. The van der Waals surface area contributed by atoms with E-state index in [-0.39, 0.29) is 12.4 Å². The van der Waals surface area contributed by atoms with Crippen LogP contribution in [-0.2, 0) is 17.7 Å². The SMILES string of the molecule is CC(C)(C)CC(C)(C)Cc1ccc(OCCOCC[N+](C)(C)Cc2ccccc2)cc1.[Cl-]. The van der Waals surface area contributed by atoms with Gasteiger partial charge in [0.05, 0.1) is 27.3 Å². The van der Waals surface area contributed by atoms with E-state index in [0.717, 1.165) is 36.3 Å². The molecular formula is C28H44ClNO2. The molecule has 0 heterocycles. The fourth-order valence-electron chi connectivity index (χ4n) is 4.54. The molecule has 0 unspecified atom stereocenters. The van der Waals surface area contributed by atoms with Gasteiger partial charge < -0.3 is 26.4 Å². The number of quaternary nitrogens is 1. The lowest BCUT2D eigenvalue weighted by Crippen LogP contribution is -3.00. The summed E-state index contributed by atoms with van der Waals surface area (Å²) in [6.45, 7) is 15.6. The van der Waals surface area contributed by atoms with Gasteiger partial charge in [-0.3, -0.25) is 0 Å². The monoisotopic (exact) mass is 461 g/mol. The van der Waals surface area contributed by atoms with Gasteiger partial charge in [0.25, 0.3) is 0 Å². The average molecular weight is 462 g/mol. The Kier molecular flexibility index (Phi) is 11.2. The molecule has 0 amide bonds. The summed E-state index contributed by atoms with van der Waals surface area (Å²) in [5, 5.41) is 0. The number of likely N-dealkylation sites (N-methyl/N-ethyl adjacent to an activating group) is 1. The van der Waals surface area contributed by atoms with Crippen molar-refractivity contribution in [2.24, 2.45) is 10.8 Å². The molecule has 0 aliphatic heterocycles. The first-order chi connectivity index (χ1) is 14.4. The molecule has 0 saturated carbocycles. The molecule has 2 rings (SSSR count). The second-order valence-corrected chi connectivity index (χ2v) is 11.5. The van der Waals surface area contributed by atoms with Crippen molar-refractivity contribution >= 4 is 0 Å². The third kappa shape index (κ3) is 11.9. The third-order valence-electron chi connectivity index (χ3n) is 5.41. The maximum Gasteiger partial charge on any atom is 0.119 e. The van der Waals surface area contributed by atoms with Gasteiger partial charge in [0, 0.05) is 5.56 Å². The third-order valence-corrected chi connectivity index (χ3v) is 5.41. The largest absolute Gasteiger partial charge is 1.00 e. The van der Waals surface area contributed by atoms with E-state index in [1.807, 2.05) is 0 Å². The maximum atomic E-state index is 5.87. The van der Waals surface area contributed by atoms with Gasteiger partial charge in [-0.05, 0) is 41.4 Å². The van der Waals surface area contributed by atoms with E-state index < -0.39 is 0 Å². The smallest absolute Gasteiger partial charge is 0.119 e. The minimum Gasteiger partial charge on any atom is -1.00 e. The van der Waals surface area contributed by atoms with E-state index in [4.69, 9.17) is 9.47 Å². The lowest BCUT2D eigenvalue weighted by Gasteiger charge is -2.32. The Morgan fingerprint density at radius 3 is 1.97 bits per heavy atom. The molecule has 0 spiro atoms. The van der Waals surface area contributed by atoms with Gasteiger partial charge in [-0.25, -0.2) is 0 Å². The molecule has 0 bridgehead atoms. The van der Waals surface area contributed by atoms with Crippen LogP contribution in [-0.4, -0.2) is 44.9 Å². The fraction of sp³-hybridized carbons (Fsp3) is 0.571. The molecule has 2 aromatic carbocycles. The first-order valence-electron chi connectivity index (χ1n) is 11.6. The van der Waals surface area contributed by atoms with Crippen molar-refractivity contribution in [3.63, 3.8) is 0 Å². The van der Waals surface area contributed by atoms with Gasteiger partial charge in [-0.2, -0.15) is 0 Å². The molecule has 32 heavy (non-hydrogen) atoms. The van der Waals surface area contributed by atoms with Crippen molar-refractivity contribution in [1.82, 2.24) is 0 Å². The van der Waals surface area contributed by atoms with Gasteiger partial charge in [0.15, 0.2) is 0 Å². The summed E-state index contributed by atoms with van der Waals surface area (Å²) >= 11 is 0. The van der Waals surface area contributed by atoms with Crippen LogP contribution >= 0.6 is 0 Å². The Morgan fingerprint density at radius 1 is 0.750 bits per heavy atom. The molecule has 180 valence electrons. The molecule has 0 aliphatic carbocycles. The zero-order chi connectivity index (χ0) is 23.0. The van der Waals surface area contributed by atoms with Gasteiger partial charge >= 0.3 is 0 Å². The summed E-state index contributed by atoms with van der Waals surface area (Å²) in [7, 11) is 4.49. The van der Waals surface area contributed by atoms with E-state index in [1.54, 1.807) is 0 Å². The summed E-state index contributed by atoms with van der Waals surface area (Å²) < 4.78 is 12.6. The minimum absolute atomic E-state index is 0. The Balaban J connectivity index is 0.00000512. The van der Waals surface area contributed by atoms with Crippen LogP contribution < -0.4 is 17.1 Å². The van der Waals surface area contributed by atoms with E-state index in [9.17, 15) is 0 Å². The molecular weight excluding hydrogens is 418 g/mol. The first kappa shape index (κ1) is 28.5. The lowest BCUT2D eigenvalue weighted by molar-refractivity contribution is -0.904. The molecule has 4 heteroatoms. The molecule has 0 saturated heterocycles. The molecule has 0 fully saturated rings. The van der Waals surface area contributed by atoms with Gasteiger partial charge in [0.2, 0.25) is 0 Å². The summed E-state index contributed by atoms with van der Waals surface area (Å²) in [6, 6.07) is 19.2. The average Bonchev–Trinajstić information content (AvgIpc) is 2.64. The van der Waals surface area contributed by atoms with Gasteiger partial charge in [-0.1, -0.05) is 77.1 Å². The van der Waals surface area contributed by atoms with Gasteiger partial charge in [-0.15, -0.1) is 0 Å². The van der Waals surface area contributed by atoms with Crippen molar-refractivity contribution in [2.45, 2.75) is 54.0 Å². The molecule has 3 nitrogen and oxygen atoms in total. The number of rotatable bonds is 12. The van der Waals surface area contributed by atoms with Crippen LogP contribution in [0.25, 0.3) is 0 Å². The van der Waals surface area contributed by atoms with Crippen LogP contribution in [0.3, 0.4) is 0 Å². The van der Waals surface area contributed by atoms with Crippen molar-refractivity contribution in [3.8, 4) is 5.75 Å². The summed E-state index contributed by atoms with van der Waals surface area (Å²) in [6.07, 6.45) is 2.29. The van der Waals surface area contributed by atoms with Crippen molar-refractivity contribution in [2.75, 3.05) is 40.5 Å². The van der Waals surface area contributed by atoms with E-state index >= 15 is 0 Å². The second-order valence-electron chi connectivity index (χ2n) is 11.5. The molecule has 0 aromatic heterocycles. The minimum atomic E-state index is 0. The standard InChI is InChI=1S/C28H44NO2.ClH/c1-27(2,3)23-28(4,5)21-24-13-15-26(16-14-24)31-20-19-30-18-17-29(6,7)22-25-11-9-8-10-12-25;/h8-16H,17-23H2,1-7H3;1H/q+1;/p-1. The van der Waals surface area contributed by atoms with Crippen LogP contribution in [0.4, 0.5) is 0 Å². The fourth-order valence-corrected chi connectivity index (χ4v) is 4.54. The van der Waals surface area contributed by atoms with Gasteiger partial charge in [0.1, 0.15) is 25.4 Å². The highest BCUT2D eigenvalue weighted by molar-refractivity contribution is 5.28. The van der Waals surface area contributed by atoms with Crippen molar-refractivity contribution in [3.05, 3.63) is 65.7 Å². The van der Waals surface area contributed by atoms with E-state index in [2.05, 4.69) is 103 Å². The predicted molar refractivity (Wildman–Crippen MR) is 131 cm³/mol. The summed E-state index contributed by atoms with van der Waals surface area (Å²) in [5.74, 6) is 0.918. The maximum absolute atomic E-state index is 5.87. The zero-order valence-electron chi connectivity index (χ0n) is 21.3. The Hall–Kier alpha value is -1.55. The summed E-state index contributed by atoms with van der Waals surface area (Å²) in [5.41, 5.74) is 3.38. The molecule has 0 radical (unpaired) electrons. The Labute approximate surface area is 203 Å². The van der Waals surface area contributed by atoms with Crippen LogP contribution in [0.2, 0.25) is 0 Å². The Bertz CT molecular complexity index is 764. The van der Waals surface area contributed by atoms with Crippen LogP contribution in [0, 0.1) is 10.8 Å². The number of hydrogen-bond acceptors (Lipinski definition) is 2. The topological polar surface area (TPSA) is 18.5 Å². The normalized spacial score (nSPS) is 12.3. The number of hydrogen-bond donors (Lipinski definition) is 0. The second kappa shape index (κ2) is 12.6. The molecule has 0 aliphatic rings. The van der Waals surface area contributed by atoms with E-state index in [0.29, 0.717) is 24.0 Å². The highest BCUT2D eigenvalue weighted by atomic mass is 35.5. The predicted octanol–water partition coefficient (Wildman–Crippen LogP) is 3.37. The number of ether oxygens (including phenoxy) is 2. The molecule has 2 aromatic rings. The van der Waals surface area contributed by atoms with Crippen molar-refractivity contribution in [1.29, 1.82) is 0 Å². The lowest BCUT2D eigenvalue weighted by atomic mass is 9.73. The first-order valence-corrected chi connectivity index (χ1v) is 11.6. The van der Waals surface area contributed by atoms with Crippen molar-refractivity contribution < 1.29 is 26.4 Å². The molecule has 0 atom stereocenters. The van der Waals surface area contributed by atoms with Crippen LogP contribution in [0.1, 0.15) is 52.2 Å². The van der Waals surface area contributed by atoms with E-state index in [1.165, 1.54) is 17.5 Å². The number of nitrogens with zero attached hydrogens (tertiary/aromatic N) is 1. The van der Waals surface area contributed by atoms with Crippen LogP contribution in [0.15, 0.2) is 54.6 Å².